The van der Waals surface area contributed by atoms with Gasteiger partial charge in [0.2, 0.25) is 5.95 Å². The fourth-order valence-corrected chi connectivity index (χ4v) is 5.50. The van der Waals surface area contributed by atoms with E-state index in [0.29, 0.717) is 32.5 Å². The molecule has 2 saturated heterocycles. The highest BCUT2D eigenvalue weighted by Crippen LogP contribution is 2.39. The Hall–Kier alpha value is -1.76. The first-order valence-corrected chi connectivity index (χ1v) is 14.9. The van der Waals surface area contributed by atoms with Crippen molar-refractivity contribution in [2.24, 2.45) is 0 Å². The fourth-order valence-electron chi connectivity index (χ4n) is 4.16. The minimum absolute atomic E-state index is 0.0669. The van der Waals surface area contributed by atoms with Crippen molar-refractivity contribution < 1.29 is 32.2 Å². The predicted molar refractivity (Wildman–Crippen MR) is 127 cm³/mol. The zero-order chi connectivity index (χ0) is 26.2. The highest BCUT2D eigenvalue weighted by Gasteiger charge is 2.47. The number of carbonyl (C=O) groups excluding carboxylic acids is 1. The lowest BCUT2D eigenvalue weighted by atomic mass is 10.0. The summed E-state index contributed by atoms with van der Waals surface area (Å²) in [6, 6.07) is -0.192. The number of ether oxygens (including phenoxy) is 1. The van der Waals surface area contributed by atoms with Crippen LogP contribution >= 0.6 is 0 Å². The Balaban J connectivity index is 1.81. The topological polar surface area (TPSA) is 88.0 Å². The van der Waals surface area contributed by atoms with Gasteiger partial charge in [-0.05, 0) is 31.5 Å². The molecule has 4 unspecified atom stereocenters. The van der Waals surface area contributed by atoms with Crippen LogP contribution in [0.1, 0.15) is 46.1 Å². The lowest BCUT2D eigenvalue weighted by Crippen LogP contribution is -2.60. The first-order valence-electron chi connectivity index (χ1n) is 12.0. The third kappa shape index (κ3) is 6.52. The van der Waals surface area contributed by atoms with Crippen LogP contribution in [0.25, 0.3) is 0 Å². The van der Waals surface area contributed by atoms with E-state index in [4.69, 9.17) is 9.16 Å². The molecule has 0 radical (unpaired) electrons. The van der Waals surface area contributed by atoms with Gasteiger partial charge in [-0.1, -0.05) is 20.8 Å². The molecule has 1 N–H and O–H groups in total. The van der Waals surface area contributed by atoms with E-state index < -0.39 is 32.3 Å². The Labute approximate surface area is 205 Å². The molecule has 0 saturated carbocycles. The second kappa shape index (κ2) is 10.3. The average Bonchev–Trinajstić information content (AvgIpc) is 3.10. The van der Waals surface area contributed by atoms with Gasteiger partial charge in [0.05, 0.1) is 30.4 Å². The van der Waals surface area contributed by atoms with Gasteiger partial charge >= 0.3 is 6.18 Å². The first-order chi connectivity index (χ1) is 16.1. The average molecular weight is 519 g/mol. The Morgan fingerprint density at radius 2 is 1.80 bits per heavy atom. The fraction of sp³-hybridized carbons (Fsp3) is 0.783. The highest BCUT2D eigenvalue weighted by molar-refractivity contribution is 6.74. The highest BCUT2D eigenvalue weighted by atomic mass is 28.4. The van der Waals surface area contributed by atoms with Crippen molar-refractivity contribution in [3.05, 3.63) is 18.0 Å². The first kappa shape index (κ1) is 27.8. The van der Waals surface area contributed by atoms with Crippen LogP contribution in [-0.2, 0) is 20.1 Å². The van der Waals surface area contributed by atoms with E-state index in [2.05, 4.69) is 43.8 Å². The number of aromatic nitrogens is 2. The largest absolute Gasteiger partial charge is 0.419 e. The van der Waals surface area contributed by atoms with E-state index in [9.17, 15) is 23.1 Å². The van der Waals surface area contributed by atoms with E-state index in [-0.39, 0.29) is 35.6 Å². The zero-order valence-electron chi connectivity index (χ0n) is 21.3. The number of rotatable bonds is 7. The number of piperidine rings is 1. The van der Waals surface area contributed by atoms with E-state index in [1.807, 2.05) is 9.80 Å². The molecule has 2 aliphatic heterocycles. The van der Waals surface area contributed by atoms with Gasteiger partial charge in [-0.3, -0.25) is 4.79 Å². The molecule has 3 heterocycles. The Kier molecular flexibility index (Phi) is 8.19. The SMILES string of the molecule is CC(O)COC1CCN(C2CCN(c3ncc(C(F)(F)F)cn3)CC2O[Si](C)(C)C(C)(C)C)C1=O. The standard InChI is InChI=1S/C23H37F3N4O4Si/c1-15(31)14-33-18-8-10-30(20(18)32)17-7-9-29(13-19(17)34-35(5,6)22(2,3)4)21-27-11-16(12-28-21)23(24,25)26/h11-12,15,17-19,31H,7-10,13-14H2,1-6H3. The maximum atomic E-state index is 13.1. The van der Waals surface area contributed by atoms with Gasteiger partial charge in [-0.15, -0.1) is 0 Å². The van der Waals surface area contributed by atoms with Crippen LogP contribution in [0.4, 0.5) is 19.1 Å². The lowest BCUT2D eigenvalue weighted by molar-refractivity contribution is -0.142. The third-order valence-electron chi connectivity index (χ3n) is 7.15. The summed E-state index contributed by atoms with van der Waals surface area (Å²) in [5.74, 6) is 0.102. The summed E-state index contributed by atoms with van der Waals surface area (Å²) in [6.07, 6.45) is -3.39. The van der Waals surface area contributed by atoms with Gasteiger partial charge in [-0.25, -0.2) is 9.97 Å². The second-order valence-corrected chi connectivity index (χ2v) is 15.7. The number of hydrogen-bond donors (Lipinski definition) is 1. The molecule has 2 aliphatic rings. The molecule has 8 nitrogen and oxygen atoms in total. The molecule has 35 heavy (non-hydrogen) atoms. The van der Waals surface area contributed by atoms with Crippen LogP contribution in [0.5, 0.6) is 0 Å². The Bertz CT molecular complexity index is 877. The molecule has 4 atom stereocenters. The molecule has 3 rings (SSSR count). The molecule has 1 aromatic rings. The van der Waals surface area contributed by atoms with Gasteiger partial charge < -0.3 is 24.1 Å². The quantitative estimate of drug-likeness (QED) is 0.553. The number of carbonyl (C=O) groups is 1. The van der Waals surface area contributed by atoms with Crippen LogP contribution in [0.3, 0.4) is 0 Å². The lowest BCUT2D eigenvalue weighted by Gasteiger charge is -2.47. The molecule has 1 aromatic heterocycles. The summed E-state index contributed by atoms with van der Waals surface area (Å²) in [5, 5.41) is 9.45. The predicted octanol–water partition coefficient (Wildman–Crippen LogP) is 3.46. The summed E-state index contributed by atoms with van der Waals surface area (Å²) >= 11 is 0. The maximum Gasteiger partial charge on any atom is 0.419 e. The monoisotopic (exact) mass is 518 g/mol. The molecule has 0 aromatic carbocycles. The van der Waals surface area contributed by atoms with Gasteiger partial charge in [0.15, 0.2) is 8.32 Å². The number of aliphatic hydroxyl groups excluding tert-OH is 1. The van der Waals surface area contributed by atoms with Gasteiger partial charge in [0.25, 0.3) is 5.91 Å². The van der Waals surface area contributed by atoms with Crippen molar-refractivity contribution in [1.29, 1.82) is 0 Å². The summed E-state index contributed by atoms with van der Waals surface area (Å²) in [7, 11) is -2.24. The van der Waals surface area contributed by atoms with E-state index in [1.54, 1.807) is 6.92 Å². The number of likely N-dealkylation sites (tertiary alicyclic amines) is 1. The third-order valence-corrected chi connectivity index (χ3v) is 11.7. The second-order valence-electron chi connectivity index (χ2n) is 11.0. The van der Waals surface area contributed by atoms with Gasteiger partial charge in [-0.2, -0.15) is 13.2 Å². The number of amides is 1. The molecule has 198 valence electrons. The van der Waals surface area contributed by atoms with Crippen molar-refractivity contribution in [3.63, 3.8) is 0 Å². The Morgan fingerprint density at radius 3 is 2.34 bits per heavy atom. The molecule has 0 bridgehead atoms. The van der Waals surface area contributed by atoms with Gasteiger partial charge in [0, 0.05) is 38.4 Å². The molecular weight excluding hydrogens is 481 g/mol. The molecular formula is C23H37F3N4O4Si. The van der Waals surface area contributed by atoms with Crippen molar-refractivity contribution in [2.45, 2.75) is 89.2 Å². The van der Waals surface area contributed by atoms with Crippen LogP contribution < -0.4 is 4.90 Å². The van der Waals surface area contributed by atoms with E-state index in [1.165, 1.54) is 0 Å². The normalized spacial score (nSPS) is 25.3. The number of alkyl halides is 3. The minimum atomic E-state index is -4.50. The van der Waals surface area contributed by atoms with Crippen LogP contribution in [0, 0.1) is 0 Å². The molecule has 0 aliphatic carbocycles. The molecule has 2 fully saturated rings. The van der Waals surface area contributed by atoms with Crippen molar-refractivity contribution in [2.75, 3.05) is 31.1 Å². The van der Waals surface area contributed by atoms with Gasteiger partial charge in [0.1, 0.15) is 6.10 Å². The minimum Gasteiger partial charge on any atom is -0.410 e. The van der Waals surface area contributed by atoms with Crippen LogP contribution in [-0.4, -0.2) is 84.8 Å². The van der Waals surface area contributed by atoms with Crippen molar-refractivity contribution >= 4 is 20.2 Å². The summed E-state index contributed by atoms with van der Waals surface area (Å²) in [4.78, 5) is 24.7. The number of hydrogen-bond acceptors (Lipinski definition) is 7. The number of anilines is 1. The Morgan fingerprint density at radius 1 is 1.17 bits per heavy atom. The summed E-state index contributed by atoms with van der Waals surface area (Å²) in [5.41, 5.74) is -0.892. The van der Waals surface area contributed by atoms with E-state index in [0.717, 1.165) is 12.4 Å². The summed E-state index contributed by atoms with van der Waals surface area (Å²) in [6.45, 7) is 13.8. The van der Waals surface area contributed by atoms with E-state index >= 15 is 0 Å². The smallest absolute Gasteiger partial charge is 0.410 e. The zero-order valence-corrected chi connectivity index (χ0v) is 22.3. The summed E-state index contributed by atoms with van der Waals surface area (Å²) < 4.78 is 51.2. The number of halogens is 3. The number of nitrogens with zero attached hydrogens (tertiary/aromatic N) is 4. The molecule has 12 heteroatoms. The maximum absolute atomic E-state index is 13.1. The number of aliphatic hydroxyl groups is 1. The van der Waals surface area contributed by atoms with Crippen LogP contribution in [0.15, 0.2) is 12.4 Å². The van der Waals surface area contributed by atoms with Crippen molar-refractivity contribution in [3.8, 4) is 0 Å². The molecule has 0 spiro atoms. The van der Waals surface area contributed by atoms with Crippen molar-refractivity contribution in [1.82, 2.24) is 14.9 Å². The molecule has 1 amide bonds. The van der Waals surface area contributed by atoms with Crippen LogP contribution in [0.2, 0.25) is 18.1 Å².